The Kier molecular flexibility index (Phi) is 5.47. The summed E-state index contributed by atoms with van der Waals surface area (Å²) in [5, 5.41) is 14.3. The normalized spacial score (nSPS) is 11.2. The van der Waals surface area contributed by atoms with Gasteiger partial charge in [0, 0.05) is 10.6 Å². The standard InChI is InChI=1S/C16H14Cl2N2O3/c1-9(10-3-6-14(21)15(7-10)23-2)19-20-16(22)12-5-4-11(17)8-13(12)18/h3-8,21H,1-2H3,(H,20,22). The Balaban J connectivity index is 2.17. The number of methoxy groups -OCH3 is 1. The van der Waals surface area contributed by atoms with E-state index in [1.807, 2.05) is 0 Å². The first-order valence-corrected chi connectivity index (χ1v) is 7.35. The minimum atomic E-state index is -0.447. The van der Waals surface area contributed by atoms with E-state index in [9.17, 15) is 9.90 Å². The monoisotopic (exact) mass is 352 g/mol. The van der Waals surface area contributed by atoms with E-state index in [0.29, 0.717) is 22.0 Å². The Labute approximate surface area is 143 Å². The molecule has 23 heavy (non-hydrogen) atoms. The van der Waals surface area contributed by atoms with E-state index in [-0.39, 0.29) is 16.3 Å². The molecule has 0 fully saturated rings. The Morgan fingerprint density at radius 2 is 1.96 bits per heavy atom. The van der Waals surface area contributed by atoms with Crippen LogP contribution in [-0.4, -0.2) is 23.8 Å². The van der Waals surface area contributed by atoms with Gasteiger partial charge in [-0.05, 0) is 43.3 Å². The van der Waals surface area contributed by atoms with Gasteiger partial charge in [0.2, 0.25) is 0 Å². The Hall–Kier alpha value is -2.24. The third-order valence-corrected chi connectivity index (χ3v) is 3.65. The van der Waals surface area contributed by atoms with Crippen LogP contribution in [0, 0.1) is 0 Å². The molecule has 0 aliphatic heterocycles. The minimum absolute atomic E-state index is 0.0287. The van der Waals surface area contributed by atoms with E-state index in [1.165, 1.54) is 25.3 Å². The molecule has 0 bridgehead atoms. The van der Waals surface area contributed by atoms with Crippen LogP contribution in [0.2, 0.25) is 10.0 Å². The maximum atomic E-state index is 12.1. The van der Waals surface area contributed by atoms with Crippen LogP contribution in [0.4, 0.5) is 0 Å². The van der Waals surface area contributed by atoms with Crippen LogP contribution in [0.15, 0.2) is 41.5 Å². The number of halogens is 2. The highest BCUT2D eigenvalue weighted by molar-refractivity contribution is 6.36. The molecule has 2 aromatic rings. The lowest BCUT2D eigenvalue weighted by Crippen LogP contribution is -2.19. The van der Waals surface area contributed by atoms with Crippen LogP contribution >= 0.6 is 23.2 Å². The number of hydrogen-bond donors (Lipinski definition) is 2. The molecule has 0 aliphatic carbocycles. The predicted octanol–water partition coefficient (Wildman–Crippen LogP) is 3.86. The second-order valence-electron chi connectivity index (χ2n) is 4.65. The maximum Gasteiger partial charge on any atom is 0.272 e. The zero-order valence-electron chi connectivity index (χ0n) is 12.4. The molecule has 2 rings (SSSR count). The minimum Gasteiger partial charge on any atom is -0.504 e. The molecule has 0 radical (unpaired) electrons. The molecule has 0 saturated heterocycles. The van der Waals surface area contributed by atoms with Crippen molar-refractivity contribution in [2.24, 2.45) is 5.10 Å². The average Bonchev–Trinajstić information content (AvgIpc) is 2.52. The summed E-state index contributed by atoms with van der Waals surface area (Å²) in [6, 6.07) is 9.36. The highest BCUT2D eigenvalue weighted by Gasteiger charge is 2.11. The van der Waals surface area contributed by atoms with Crippen molar-refractivity contribution < 1.29 is 14.6 Å². The molecule has 5 nitrogen and oxygen atoms in total. The van der Waals surface area contributed by atoms with Crippen LogP contribution in [-0.2, 0) is 0 Å². The number of nitrogens with zero attached hydrogens (tertiary/aromatic N) is 1. The van der Waals surface area contributed by atoms with E-state index < -0.39 is 5.91 Å². The number of ether oxygens (including phenoxy) is 1. The van der Waals surface area contributed by atoms with Crippen molar-refractivity contribution in [3.63, 3.8) is 0 Å². The van der Waals surface area contributed by atoms with Gasteiger partial charge in [-0.3, -0.25) is 4.79 Å². The Bertz CT molecular complexity index is 776. The van der Waals surface area contributed by atoms with Gasteiger partial charge in [0.1, 0.15) is 0 Å². The predicted molar refractivity (Wildman–Crippen MR) is 90.8 cm³/mol. The maximum absolute atomic E-state index is 12.1. The van der Waals surface area contributed by atoms with Gasteiger partial charge in [0.15, 0.2) is 11.5 Å². The van der Waals surface area contributed by atoms with Crippen molar-refractivity contribution in [1.29, 1.82) is 0 Å². The lowest BCUT2D eigenvalue weighted by molar-refractivity contribution is 0.0955. The molecule has 0 saturated carbocycles. The number of aromatic hydroxyl groups is 1. The van der Waals surface area contributed by atoms with Crippen molar-refractivity contribution in [2.45, 2.75) is 6.92 Å². The molecular weight excluding hydrogens is 339 g/mol. The zero-order valence-corrected chi connectivity index (χ0v) is 13.9. The third kappa shape index (κ3) is 4.15. The Morgan fingerprint density at radius 3 is 2.61 bits per heavy atom. The largest absolute Gasteiger partial charge is 0.504 e. The van der Waals surface area contributed by atoms with Gasteiger partial charge in [-0.25, -0.2) is 5.43 Å². The summed E-state index contributed by atoms with van der Waals surface area (Å²) in [4.78, 5) is 12.1. The highest BCUT2D eigenvalue weighted by Crippen LogP contribution is 2.26. The van der Waals surface area contributed by atoms with E-state index in [2.05, 4.69) is 10.5 Å². The van der Waals surface area contributed by atoms with Crippen LogP contribution in [0.5, 0.6) is 11.5 Å². The summed E-state index contributed by atoms with van der Waals surface area (Å²) in [7, 11) is 1.45. The van der Waals surface area contributed by atoms with Gasteiger partial charge in [0.05, 0.1) is 23.4 Å². The van der Waals surface area contributed by atoms with Gasteiger partial charge >= 0.3 is 0 Å². The first-order chi connectivity index (χ1) is 10.9. The molecule has 0 aliphatic rings. The zero-order chi connectivity index (χ0) is 17.0. The van der Waals surface area contributed by atoms with Crippen molar-refractivity contribution >= 4 is 34.8 Å². The molecule has 2 aromatic carbocycles. The number of phenolic OH excluding ortho intramolecular Hbond substituents is 1. The molecule has 0 unspecified atom stereocenters. The van der Waals surface area contributed by atoms with E-state index in [4.69, 9.17) is 27.9 Å². The van der Waals surface area contributed by atoms with Gasteiger partial charge < -0.3 is 9.84 Å². The SMILES string of the molecule is COc1cc(C(C)=NNC(=O)c2ccc(Cl)cc2Cl)ccc1O. The summed E-state index contributed by atoms with van der Waals surface area (Å²) in [5.74, 6) is -0.0955. The number of hydrogen-bond acceptors (Lipinski definition) is 4. The van der Waals surface area contributed by atoms with Gasteiger partial charge in [0.25, 0.3) is 5.91 Å². The van der Waals surface area contributed by atoms with Gasteiger partial charge in [-0.2, -0.15) is 5.10 Å². The fourth-order valence-electron chi connectivity index (χ4n) is 1.84. The molecule has 7 heteroatoms. The summed E-state index contributed by atoms with van der Waals surface area (Å²) in [6.07, 6.45) is 0. The van der Waals surface area contributed by atoms with E-state index >= 15 is 0 Å². The van der Waals surface area contributed by atoms with Crippen molar-refractivity contribution in [3.8, 4) is 11.5 Å². The number of nitrogens with one attached hydrogen (secondary N) is 1. The van der Waals surface area contributed by atoms with Gasteiger partial charge in [-0.1, -0.05) is 23.2 Å². The topological polar surface area (TPSA) is 70.9 Å². The summed E-state index contributed by atoms with van der Waals surface area (Å²) >= 11 is 11.8. The fraction of sp³-hybridized carbons (Fsp3) is 0.125. The molecule has 1 amide bonds. The third-order valence-electron chi connectivity index (χ3n) is 3.10. The molecule has 0 aromatic heterocycles. The molecular formula is C16H14Cl2N2O3. The first kappa shape index (κ1) is 17.1. The lowest BCUT2D eigenvalue weighted by atomic mass is 10.1. The van der Waals surface area contributed by atoms with Crippen LogP contribution in [0.1, 0.15) is 22.8 Å². The summed E-state index contributed by atoms with van der Waals surface area (Å²) in [6.45, 7) is 1.72. The van der Waals surface area contributed by atoms with E-state index in [1.54, 1.807) is 25.1 Å². The van der Waals surface area contributed by atoms with Gasteiger partial charge in [-0.15, -0.1) is 0 Å². The quantitative estimate of drug-likeness (QED) is 0.648. The van der Waals surface area contributed by atoms with Crippen LogP contribution < -0.4 is 10.2 Å². The number of benzene rings is 2. The Morgan fingerprint density at radius 1 is 1.22 bits per heavy atom. The van der Waals surface area contributed by atoms with Crippen LogP contribution in [0.25, 0.3) is 0 Å². The molecule has 0 spiro atoms. The highest BCUT2D eigenvalue weighted by atomic mass is 35.5. The average molecular weight is 353 g/mol. The molecule has 2 N–H and O–H groups in total. The van der Waals surface area contributed by atoms with Crippen molar-refractivity contribution in [3.05, 3.63) is 57.6 Å². The number of rotatable bonds is 4. The molecule has 0 atom stereocenters. The second-order valence-corrected chi connectivity index (χ2v) is 5.49. The van der Waals surface area contributed by atoms with Crippen molar-refractivity contribution in [2.75, 3.05) is 7.11 Å². The lowest BCUT2D eigenvalue weighted by Gasteiger charge is -2.07. The number of hydrazone groups is 1. The summed E-state index contributed by atoms with van der Waals surface area (Å²) in [5.41, 5.74) is 3.94. The first-order valence-electron chi connectivity index (χ1n) is 6.59. The second kappa shape index (κ2) is 7.35. The number of carbonyl (C=O) groups excluding carboxylic acids is 1. The van der Waals surface area contributed by atoms with Crippen LogP contribution in [0.3, 0.4) is 0 Å². The smallest absolute Gasteiger partial charge is 0.272 e. The number of amides is 1. The molecule has 120 valence electrons. The van der Waals surface area contributed by atoms with E-state index in [0.717, 1.165) is 0 Å². The molecule has 0 heterocycles. The number of phenols is 1. The van der Waals surface area contributed by atoms with Crippen molar-refractivity contribution in [1.82, 2.24) is 5.43 Å². The summed E-state index contributed by atoms with van der Waals surface area (Å²) < 4.78 is 5.04. The fourth-order valence-corrected chi connectivity index (χ4v) is 2.33. The number of carbonyl (C=O) groups is 1.